The maximum absolute atomic E-state index is 14.4. The Kier molecular flexibility index (Phi) is 6.31. The van der Waals surface area contributed by atoms with E-state index in [2.05, 4.69) is 11.8 Å². The van der Waals surface area contributed by atoms with Crippen LogP contribution in [0.4, 0.5) is 0 Å². The molecule has 2 N–H and O–H groups in total. The molecule has 40 heavy (non-hydrogen) atoms. The molecule has 0 amide bonds. The lowest BCUT2D eigenvalue weighted by molar-refractivity contribution is -0.183. The van der Waals surface area contributed by atoms with Crippen LogP contribution in [0.25, 0.3) is 0 Å². The van der Waals surface area contributed by atoms with Gasteiger partial charge in [-0.25, -0.2) is 0 Å². The number of Topliss-reactive ketones (excluding diaryl/α,β-unsaturated/α-hetero) is 4. The third kappa shape index (κ3) is 3.60. The van der Waals surface area contributed by atoms with Gasteiger partial charge in [0.05, 0.1) is 11.5 Å². The van der Waals surface area contributed by atoms with E-state index in [4.69, 9.17) is 0 Å². The molecule has 2 aromatic carbocycles. The van der Waals surface area contributed by atoms with E-state index in [1.807, 2.05) is 51.1 Å². The number of benzene rings is 2. The summed E-state index contributed by atoms with van der Waals surface area (Å²) in [6.45, 7) is 10.4. The monoisotopic (exact) mass is 538 g/mol. The van der Waals surface area contributed by atoms with Crippen LogP contribution in [0.3, 0.4) is 0 Å². The Morgan fingerprint density at radius 2 is 1.65 bits per heavy atom. The zero-order valence-electron chi connectivity index (χ0n) is 23.7. The van der Waals surface area contributed by atoms with Crippen molar-refractivity contribution in [2.45, 2.75) is 60.0 Å². The summed E-state index contributed by atoms with van der Waals surface area (Å²) in [4.78, 5) is 55.0. The number of phenols is 1. The van der Waals surface area contributed by atoms with Gasteiger partial charge >= 0.3 is 0 Å². The molecule has 0 radical (unpaired) electrons. The minimum absolute atomic E-state index is 0.00470. The van der Waals surface area contributed by atoms with Crippen LogP contribution >= 0.6 is 0 Å². The van der Waals surface area contributed by atoms with Crippen LogP contribution in [0.2, 0.25) is 0 Å². The van der Waals surface area contributed by atoms with E-state index in [0.717, 1.165) is 5.56 Å². The largest absolute Gasteiger partial charge is 0.507 e. The number of carbonyl (C=O) groups is 4. The number of fused-ring (bicyclic) bond motifs is 3. The van der Waals surface area contributed by atoms with Gasteiger partial charge in [0.2, 0.25) is 0 Å². The van der Waals surface area contributed by atoms with Crippen LogP contribution < -0.4 is 0 Å². The highest BCUT2D eigenvalue weighted by molar-refractivity contribution is 6.27. The minimum Gasteiger partial charge on any atom is -0.507 e. The zero-order valence-corrected chi connectivity index (χ0v) is 23.7. The molecule has 5 rings (SSSR count). The van der Waals surface area contributed by atoms with Crippen molar-refractivity contribution in [3.63, 3.8) is 0 Å². The number of hydrogen-bond donors (Lipinski definition) is 2. The van der Waals surface area contributed by atoms with Gasteiger partial charge in [-0.2, -0.15) is 0 Å². The summed E-state index contributed by atoms with van der Waals surface area (Å²) in [6, 6.07) is 12.5. The molecule has 0 heterocycles. The highest BCUT2D eigenvalue weighted by Crippen LogP contribution is 2.64. The van der Waals surface area contributed by atoms with Crippen molar-refractivity contribution in [2.75, 3.05) is 0 Å². The SMILES string of the molecule is CC(=O)C1C(=O)[C@@]2(O)C(=O)C3C(=O)c4c(O)ccc(C#Cc5ccccc5)c4C[C@@]3(C)C[C@@]2(C)C(C(C)C)=C1C. The third-order valence-corrected chi connectivity index (χ3v) is 9.42. The topological polar surface area (TPSA) is 109 Å². The molecule has 2 aromatic rings. The number of aliphatic hydroxyl groups is 1. The first-order valence-electron chi connectivity index (χ1n) is 13.7. The summed E-state index contributed by atoms with van der Waals surface area (Å²) in [5.74, 6) is 0.397. The van der Waals surface area contributed by atoms with Gasteiger partial charge in [0.25, 0.3) is 0 Å². The molecule has 6 nitrogen and oxygen atoms in total. The Balaban J connectivity index is 1.72. The third-order valence-electron chi connectivity index (χ3n) is 9.42. The van der Waals surface area contributed by atoms with Crippen molar-refractivity contribution in [3.8, 4) is 17.6 Å². The van der Waals surface area contributed by atoms with E-state index in [1.54, 1.807) is 19.9 Å². The normalized spacial score (nSPS) is 31.2. The van der Waals surface area contributed by atoms with Gasteiger partial charge in [0.1, 0.15) is 17.5 Å². The lowest BCUT2D eigenvalue weighted by Crippen LogP contribution is -2.73. The standard InChI is InChI=1S/C34H34O6/c1-18(2)27-19(3)25(20(4)35)30(38)34(40)31(39)28-29(37)26-23(16-32(28,5)17-33(27,34)6)22(14-15-24(26)36)13-12-21-10-8-7-9-11-21/h7-11,14-15,18,25,28,36,40H,16-17H2,1-6H3/t25?,28?,32-,33-,34+/m0/s1. The molecular formula is C34H34O6. The lowest BCUT2D eigenvalue weighted by atomic mass is 9.41. The molecule has 6 heteroatoms. The molecule has 0 aromatic heterocycles. The van der Waals surface area contributed by atoms with Crippen molar-refractivity contribution in [3.05, 3.63) is 75.9 Å². The molecule has 1 saturated carbocycles. The van der Waals surface area contributed by atoms with Crippen molar-refractivity contribution < 1.29 is 29.4 Å². The number of aromatic hydroxyl groups is 1. The van der Waals surface area contributed by atoms with E-state index >= 15 is 0 Å². The Morgan fingerprint density at radius 3 is 2.25 bits per heavy atom. The van der Waals surface area contributed by atoms with Crippen LogP contribution in [0, 0.1) is 40.4 Å². The van der Waals surface area contributed by atoms with Crippen LogP contribution in [0.15, 0.2) is 53.6 Å². The number of allylic oxidation sites excluding steroid dienone is 1. The van der Waals surface area contributed by atoms with Gasteiger partial charge < -0.3 is 10.2 Å². The maximum Gasteiger partial charge on any atom is 0.192 e. The summed E-state index contributed by atoms with van der Waals surface area (Å²) < 4.78 is 0. The summed E-state index contributed by atoms with van der Waals surface area (Å²) in [5.41, 5.74) is -1.61. The summed E-state index contributed by atoms with van der Waals surface area (Å²) in [7, 11) is 0. The molecule has 0 spiro atoms. The Labute approximate surface area is 234 Å². The molecule has 3 aliphatic rings. The molecule has 5 atom stereocenters. The highest BCUT2D eigenvalue weighted by atomic mass is 16.3. The average Bonchev–Trinajstić information content (AvgIpc) is 2.86. The highest BCUT2D eigenvalue weighted by Gasteiger charge is 2.73. The first-order valence-corrected chi connectivity index (χ1v) is 13.7. The van der Waals surface area contributed by atoms with E-state index in [9.17, 15) is 29.4 Å². The molecule has 3 aliphatic carbocycles. The second kappa shape index (κ2) is 9.11. The molecule has 206 valence electrons. The van der Waals surface area contributed by atoms with Gasteiger partial charge in [-0.05, 0) is 67.9 Å². The number of rotatable bonds is 2. The Bertz CT molecular complexity index is 1590. The Hall–Kier alpha value is -3.82. The predicted molar refractivity (Wildman–Crippen MR) is 150 cm³/mol. The van der Waals surface area contributed by atoms with E-state index in [1.165, 1.54) is 13.0 Å². The average molecular weight is 539 g/mol. The second-order valence-corrected chi connectivity index (χ2v) is 12.5. The van der Waals surface area contributed by atoms with E-state index in [0.29, 0.717) is 22.3 Å². The van der Waals surface area contributed by atoms with E-state index in [-0.39, 0.29) is 30.1 Å². The van der Waals surface area contributed by atoms with Gasteiger partial charge in [-0.3, -0.25) is 19.2 Å². The first kappa shape index (κ1) is 27.7. The Morgan fingerprint density at radius 1 is 1.00 bits per heavy atom. The fraction of sp³-hybridized carbons (Fsp3) is 0.412. The zero-order chi connectivity index (χ0) is 29.4. The van der Waals surface area contributed by atoms with Crippen LogP contribution in [-0.2, 0) is 20.8 Å². The number of ketones is 4. The fourth-order valence-corrected chi connectivity index (χ4v) is 8.12. The molecule has 0 bridgehead atoms. The first-order chi connectivity index (χ1) is 18.7. The molecule has 0 aliphatic heterocycles. The van der Waals surface area contributed by atoms with Crippen molar-refractivity contribution in [1.29, 1.82) is 0 Å². The summed E-state index contributed by atoms with van der Waals surface area (Å²) in [6.07, 6.45) is 0.415. The van der Waals surface area contributed by atoms with Gasteiger partial charge in [-0.1, -0.05) is 68.9 Å². The summed E-state index contributed by atoms with van der Waals surface area (Å²) in [5, 5.41) is 23.0. The molecule has 2 unspecified atom stereocenters. The lowest BCUT2D eigenvalue weighted by Gasteiger charge is -2.60. The van der Waals surface area contributed by atoms with Crippen molar-refractivity contribution >= 4 is 23.1 Å². The van der Waals surface area contributed by atoms with Crippen LogP contribution in [0.1, 0.15) is 75.0 Å². The van der Waals surface area contributed by atoms with Crippen LogP contribution in [0.5, 0.6) is 5.75 Å². The molecular weight excluding hydrogens is 504 g/mol. The van der Waals surface area contributed by atoms with Crippen molar-refractivity contribution in [2.24, 2.45) is 28.6 Å². The maximum atomic E-state index is 14.4. The van der Waals surface area contributed by atoms with Crippen molar-refractivity contribution in [1.82, 2.24) is 0 Å². The molecule has 0 saturated heterocycles. The van der Waals surface area contributed by atoms with Gasteiger partial charge in [0, 0.05) is 16.5 Å². The van der Waals surface area contributed by atoms with Crippen LogP contribution in [-0.4, -0.2) is 38.9 Å². The smallest absolute Gasteiger partial charge is 0.192 e. The second-order valence-electron chi connectivity index (χ2n) is 12.5. The van der Waals surface area contributed by atoms with Gasteiger partial charge in [0.15, 0.2) is 23.0 Å². The predicted octanol–water partition coefficient (Wildman–Crippen LogP) is 4.62. The number of carbonyl (C=O) groups excluding carboxylic acids is 4. The number of phenolic OH excluding ortho intramolecular Hbond substituents is 1. The number of hydrogen-bond acceptors (Lipinski definition) is 6. The minimum atomic E-state index is -2.54. The van der Waals surface area contributed by atoms with E-state index < -0.39 is 51.4 Å². The molecule has 1 fully saturated rings. The quantitative estimate of drug-likeness (QED) is 0.328. The fourth-order valence-electron chi connectivity index (χ4n) is 8.12. The van der Waals surface area contributed by atoms with Gasteiger partial charge in [-0.15, -0.1) is 0 Å². The summed E-state index contributed by atoms with van der Waals surface area (Å²) >= 11 is 0.